The van der Waals surface area contributed by atoms with Crippen LogP contribution in [0, 0.1) is 0 Å². The summed E-state index contributed by atoms with van der Waals surface area (Å²) in [5.74, 6) is 7.02. The molecule has 3 N–H and O–H groups in total. The van der Waals surface area contributed by atoms with E-state index in [1.54, 1.807) is 0 Å². The zero-order chi connectivity index (χ0) is 14.8. The van der Waals surface area contributed by atoms with Gasteiger partial charge in [-0.15, -0.1) is 0 Å². The van der Waals surface area contributed by atoms with Crippen LogP contribution in [-0.4, -0.2) is 9.97 Å². The van der Waals surface area contributed by atoms with E-state index in [2.05, 4.69) is 15.4 Å². The molecule has 0 saturated carbocycles. The van der Waals surface area contributed by atoms with Gasteiger partial charge >= 0.3 is 0 Å². The zero-order valence-electron chi connectivity index (χ0n) is 11.5. The predicted octanol–water partition coefficient (Wildman–Crippen LogP) is 3.54. The molecule has 0 bridgehead atoms. The van der Waals surface area contributed by atoms with Crippen molar-refractivity contribution in [3.05, 3.63) is 50.9 Å². The molecule has 4 nitrogen and oxygen atoms in total. The van der Waals surface area contributed by atoms with E-state index in [1.807, 2.05) is 18.2 Å². The summed E-state index contributed by atoms with van der Waals surface area (Å²) in [6, 6.07) is 5.47. The Morgan fingerprint density at radius 1 is 1.10 bits per heavy atom. The molecule has 0 radical (unpaired) electrons. The van der Waals surface area contributed by atoms with Crippen LogP contribution in [0.1, 0.15) is 35.5 Å². The van der Waals surface area contributed by atoms with Gasteiger partial charge < -0.3 is 5.43 Å². The van der Waals surface area contributed by atoms with Crippen molar-refractivity contribution in [3.8, 4) is 0 Å². The van der Waals surface area contributed by atoms with Crippen LogP contribution in [0.5, 0.6) is 0 Å². The lowest BCUT2D eigenvalue weighted by atomic mass is 9.96. The van der Waals surface area contributed by atoms with Gasteiger partial charge in [0.2, 0.25) is 0 Å². The average molecular weight is 323 g/mol. The third-order valence-corrected chi connectivity index (χ3v) is 4.47. The minimum Gasteiger partial charge on any atom is -0.308 e. The molecule has 1 aromatic carbocycles. The van der Waals surface area contributed by atoms with Crippen molar-refractivity contribution in [1.82, 2.24) is 9.97 Å². The second-order valence-corrected chi connectivity index (χ2v) is 5.96. The van der Waals surface area contributed by atoms with E-state index < -0.39 is 0 Å². The molecule has 110 valence electrons. The van der Waals surface area contributed by atoms with Gasteiger partial charge in [-0.2, -0.15) is 0 Å². The number of aromatic nitrogens is 2. The first-order chi connectivity index (χ1) is 10.2. The Balaban J connectivity index is 1.99. The van der Waals surface area contributed by atoms with Gasteiger partial charge in [0, 0.05) is 27.7 Å². The summed E-state index contributed by atoms with van der Waals surface area (Å²) in [5, 5.41) is 1.26. The molecule has 0 spiro atoms. The highest BCUT2D eigenvalue weighted by Gasteiger charge is 2.18. The van der Waals surface area contributed by atoms with E-state index in [0.29, 0.717) is 22.3 Å². The first-order valence-electron chi connectivity index (χ1n) is 6.97. The molecule has 0 unspecified atom stereocenters. The summed E-state index contributed by atoms with van der Waals surface area (Å²) in [7, 11) is 0. The van der Waals surface area contributed by atoms with Crippen molar-refractivity contribution in [1.29, 1.82) is 0 Å². The number of hydrazine groups is 1. The molecule has 0 aliphatic heterocycles. The molecule has 6 heteroatoms. The van der Waals surface area contributed by atoms with Crippen LogP contribution >= 0.6 is 23.2 Å². The lowest BCUT2D eigenvalue weighted by Crippen LogP contribution is -2.18. The fraction of sp³-hybridized carbons (Fsp3) is 0.333. The van der Waals surface area contributed by atoms with E-state index in [9.17, 15) is 0 Å². The monoisotopic (exact) mass is 322 g/mol. The number of hydrogen-bond acceptors (Lipinski definition) is 4. The van der Waals surface area contributed by atoms with Crippen LogP contribution in [0.25, 0.3) is 0 Å². The quantitative estimate of drug-likeness (QED) is 0.670. The topological polar surface area (TPSA) is 63.8 Å². The minimum absolute atomic E-state index is 0.500. The fourth-order valence-electron chi connectivity index (χ4n) is 2.70. The third kappa shape index (κ3) is 2.98. The first kappa shape index (κ1) is 14.6. The Morgan fingerprint density at radius 3 is 2.52 bits per heavy atom. The van der Waals surface area contributed by atoms with Crippen molar-refractivity contribution in [2.45, 2.75) is 32.1 Å². The highest BCUT2D eigenvalue weighted by Crippen LogP contribution is 2.29. The van der Waals surface area contributed by atoms with Crippen molar-refractivity contribution in [3.63, 3.8) is 0 Å². The van der Waals surface area contributed by atoms with E-state index in [0.717, 1.165) is 48.3 Å². The maximum Gasteiger partial charge on any atom is 0.147 e. The summed E-state index contributed by atoms with van der Waals surface area (Å²) >= 11 is 12.4. The van der Waals surface area contributed by atoms with Crippen LogP contribution < -0.4 is 11.3 Å². The normalized spacial score (nSPS) is 13.9. The van der Waals surface area contributed by atoms with Gasteiger partial charge in [-0.3, -0.25) is 0 Å². The molecule has 1 aliphatic carbocycles. The number of nitrogen functional groups attached to an aromatic ring is 1. The number of fused-ring (bicyclic) bond motifs is 1. The SMILES string of the molecule is NNc1nc(Cc2c(Cl)cccc2Cl)nc2c1CCCC2. The van der Waals surface area contributed by atoms with E-state index in [1.165, 1.54) is 0 Å². The largest absolute Gasteiger partial charge is 0.308 e. The van der Waals surface area contributed by atoms with Gasteiger partial charge in [-0.05, 0) is 43.4 Å². The maximum absolute atomic E-state index is 6.22. The summed E-state index contributed by atoms with van der Waals surface area (Å²) in [6.07, 6.45) is 4.75. The average Bonchev–Trinajstić information content (AvgIpc) is 2.50. The lowest BCUT2D eigenvalue weighted by molar-refractivity contribution is 0.657. The molecular weight excluding hydrogens is 307 g/mol. The second kappa shape index (κ2) is 6.18. The Morgan fingerprint density at radius 2 is 1.81 bits per heavy atom. The Hall–Kier alpha value is -1.36. The summed E-state index contributed by atoms with van der Waals surface area (Å²) < 4.78 is 0. The minimum atomic E-state index is 0.500. The number of benzene rings is 1. The lowest BCUT2D eigenvalue weighted by Gasteiger charge is -2.19. The number of nitrogens with two attached hydrogens (primary N) is 1. The zero-order valence-corrected chi connectivity index (χ0v) is 13.0. The van der Waals surface area contributed by atoms with Crippen molar-refractivity contribution in [2.75, 3.05) is 5.43 Å². The number of anilines is 1. The Kier molecular flexibility index (Phi) is 4.29. The van der Waals surface area contributed by atoms with Gasteiger partial charge in [0.25, 0.3) is 0 Å². The number of aryl methyl sites for hydroxylation is 1. The van der Waals surface area contributed by atoms with Gasteiger partial charge in [0.1, 0.15) is 11.6 Å². The first-order valence-corrected chi connectivity index (χ1v) is 7.73. The Labute approximate surface area is 133 Å². The summed E-state index contributed by atoms with van der Waals surface area (Å²) in [6.45, 7) is 0. The third-order valence-electron chi connectivity index (χ3n) is 3.76. The number of halogens is 2. The molecule has 1 aromatic heterocycles. The number of nitrogens with zero attached hydrogens (tertiary/aromatic N) is 2. The van der Waals surface area contributed by atoms with Crippen LogP contribution in [0.3, 0.4) is 0 Å². The van der Waals surface area contributed by atoms with E-state index in [-0.39, 0.29) is 0 Å². The molecule has 3 rings (SSSR count). The Bertz CT molecular complexity index is 635. The van der Waals surface area contributed by atoms with Gasteiger partial charge in [0.05, 0.1) is 0 Å². The highest BCUT2D eigenvalue weighted by atomic mass is 35.5. The van der Waals surface area contributed by atoms with Gasteiger partial charge in [-0.1, -0.05) is 29.3 Å². The number of hydrogen-bond donors (Lipinski definition) is 2. The summed E-state index contributed by atoms with van der Waals surface area (Å²) in [5.41, 5.74) is 5.76. The standard InChI is InChI=1S/C15H16Cl2N4/c16-11-5-3-6-12(17)10(11)8-14-19-13-7-2-1-4-9(13)15(20-14)21-18/h3,5-6H,1-2,4,7-8,18H2,(H,19,20,21). The molecule has 0 saturated heterocycles. The molecule has 2 aromatic rings. The molecule has 0 amide bonds. The predicted molar refractivity (Wildman–Crippen MR) is 85.8 cm³/mol. The van der Waals surface area contributed by atoms with Gasteiger partial charge in [0.15, 0.2) is 0 Å². The fourth-order valence-corrected chi connectivity index (χ4v) is 3.23. The van der Waals surface area contributed by atoms with Gasteiger partial charge in [-0.25, -0.2) is 15.8 Å². The summed E-state index contributed by atoms with van der Waals surface area (Å²) in [4.78, 5) is 9.19. The molecular formula is C15H16Cl2N4. The van der Waals surface area contributed by atoms with Crippen molar-refractivity contribution < 1.29 is 0 Å². The molecule has 0 atom stereocenters. The molecule has 21 heavy (non-hydrogen) atoms. The van der Waals surface area contributed by atoms with Crippen LogP contribution in [0.15, 0.2) is 18.2 Å². The number of rotatable bonds is 3. The van der Waals surface area contributed by atoms with Crippen LogP contribution in [0.4, 0.5) is 5.82 Å². The molecule has 0 fully saturated rings. The smallest absolute Gasteiger partial charge is 0.147 e. The van der Waals surface area contributed by atoms with E-state index in [4.69, 9.17) is 29.0 Å². The van der Waals surface area contributed by atoms with Crippen LogP contribution in [0.2, 0.25) is 10.0 Å². The maximum atomic E-state index is 6.22. The van der Waals surface area contributed by atoms with Crippen molar-refractivity contribution in [2.24, 2.45) is 5.84 Å². The van der Waals surface area contributed by atoms with Crippen molar-refractivity contribution >= 4 is 29.0 Å². The molecule has 1 heterocycles. The molecule has 1 aliphatic rings. The second-order valence-electron chi connectivity index (χ2n) is 5.14. The highest BCUT2D eigenvalue weighted by molar-refractivity contribution is 6.36. The number of nitrogens with one attached hydrogen (secondary N) is 1. The van der Waals surface area contributed by atoms with E-state index >= 15 is 0 Å². The van der Waals surface area contributed by atoms with Crippen LogP contribution in [-0.2, 0) is 19.3 Å².